The van der Waals surface area contributed by atoms with E-state index < -0.39 is 0 Å². The van der Waals surface area contributed by atoms with Crippen molar-refractivity contribution in [3.05, 3.63) is 37.0 Å². The van der Waals surface area contributed by atoms with Gasteiger partial charge in [-0.1, -0.05) is 88.7 Å². The molecule has 0 saturated heterocycles. The largest absolute Gasteiger partial charge is 0.103 e. The highest BCUT2D eigenvalue weighted by atomic mass is 14.0. The van der Waals surface area contributed by atoms with E-state index in [2.05, 4.69) is 37.8 Å². The summed E-state index contributed by atoms with van der Waals surface area (Å²) in [7, 11) is 0. The zero-order chi connectivity index (χ0) is 14.7. The summed E-state index contributed by atoms with van der Waals surface area (Å²) in [6.07, 6.45) is 28.6. The van der Waals surface area contributed by atoms with Crippen LogP contribution >= 0.6 is 0 Å². The molecule has 0 rings (SSSR count). The summed E-state index contributed by atoms with van der Waals surface area (Å²) in [5.74, 6) is 0. The van der Waals surface area contributed by atoms with Crippen LogP contribution in [-0.2, 0) is 0 Å². The monoisotopic (exact) mass is 276 g/mol. The Hall–Kier alpha value is -0.780. The van der Waals surface area contributed by atoms with Crippen LogP contribution in [0.4, 0.5) is 0 Å². The molecule has 116 valence electrons. The molecule has 0 radical (unpaired) electrons. The zero-order valence-electron chi connectivity index (χ0n) is 13.8. The van der Waals surface area contributed by atoms with Crippen molar-refractivity contribution in [3.8, 4) is 0 Å². The lowest BCUT2D eigenvalue weighted by Gasteiger charge is -2.01. The van der Waals surface area contributed by atoms with Crippen molar-refractivity contribution in [2.75, 3.05) is 0 Å². The van der Waals surface area contributed by atoms with Crippen LogP contribution in [0.1, 0.15) is 90.4 Å². The first-order chi connectivity index (χ1) is 9.91. The summed E-state index contributed by atoms with van der Waals surface area (Å²) in [5, 5.41) is 0. The van der Waals surface area contributed by atoms with Gasteiger partial charge in [-0.25, -0.2) is 0 Å². The molecule has 0 saturated carbocycles. The van der Waals surface area contributed by atoms with Gasteiger partial charge in [0.25, 0.3) is 0 Å². The normalized spacial score (nSPS) is 11.7. The van der Waals surface area contributed by atoms with Crippen LogP contribution in [0.3, 0.4) is 0 Å². The Morgan fingerprint density at radius 2 is 1.05 bits per heavy atom. The van der Waals surface area contributed by atoms with E-state index >= 15 is 0 Å². The lowest BCUT2D eigenvalue weighted by Crippen LogP contribution is -1.82. The van der Waals surface area contributed by atoms with E-state index in [4.69, 9.17) is 0 Å². The minimum Gasteiger partial charge on any atom is -0.103 e. The molecule has 0 aliphatic heterocycles. The molecule has 0 spiro atoms. The van der Waals surface area contributed by atoms with E-state index in [1.54, 1.807) is 0 Å². The summed E-state index contributed by atoms with van der Waals surface area (Å²) < 4.78 is 0. The molecule has 0 nitrogen and oxygen atoms in total. The van der Waals surface area contributed by atoms with Gasteiger partial charge in [0.1, 0.15) is 0 Å². The SMILES string of the molecule is C=CCCCCCCCCCCCC/C=C/C=C/CC. The van der Waals surface area contributed by atoms with Gasteiger partial charge in [0.2, 0.25) is 0 Å². The molecule has 0 bridgehead atoms. The first-order valence-electron chi connectivity index (χ1n) is 8.84. The second kappa shape index (κ2) is 18.2. The van der Waals surface area contributed by atoms with Gasteiger partial charge in [-0.15, -0.1) is 6.58 Å². The molecule has 0 amide bonds. The molecule has 0 N–H and O–H groups in total. The highest BCUT2D eigenvalue weighted by molar-refractivity contribution is 5.01. The van der Waals surface area contributed by atoms with Gasteiger partial charge in [0.05, 0.1) is 0 Å². The Bertz CT molecular complexity index is 234. The first kappa shape index (κ1) is 19.2. The van der Waals surface area contributed by atoms with Gasteiger partial charge in [0.15, 0.2) is 0 Å². The Morgan fingerprint density at radius 3 is 1.55 bits per heavy atom. The van der Waals surface area contributed by atoms with Crippen molar-refractivity contribution in [3.63, 3.8) is 0 Å². The number of hydrogen-bond acceptors (Lipinski definition) is 0. The number of rotatable bonds is 15. The van der Waals surface area contributed by atoms with Crippen molar-refractivity contribution in [2.45, 2.75) is 90.4 Å². The standard InChI is InChI=1S/C20H36/c1-3-5-7-9-11-13-15-17-19-20-18-16-14-12-10-8-6-4-2/h3,6,8,10,12H,1,4-5,7,9,11,13-20H2,2H3/b8-6+,12-10+. The van der Waals surface area contributed by atoms with Crippen LogP contribution in [0.2, 0.25) is 0 Å². The van der Waals surface area contributed by atoms with Gasteiger partial charge in [0, 0.05) is 0 Å². The van der Waals surface area contributed by atoms with Crippen LogP contribution in [0.15, 0.2) is 37.0 Å². The van der Waals surface area contributed by atoms with Crippen molar-refractivity contribution in [1.29, 1.82) is 0 Å². The molecular weight excluding hydrogens is 240 g/mol. The Labute approximate surface area is 128 Å². The molecular formula is C20H36. The fourth-order valence-electron chi connectivity index (χ4n) is 2.35. The minimum atomic E-state index is 1.14. The highest BCUT2D eigenvalue weighted by Crippen LogP contribution is 2.12. The average molecular weight is 277 g/mol. The van der Waals surface area contributed by atoms with E-state index in [0.717, 1.165) is 6.42 Å². The summed E-state index contributed by atoms with van der Waals surface area (Å²) in [6.45, 7) is 5.93. The fourth-order valence-corrected chi connectivity index (χ4v) is 2.35. The molecule has 0 fully saturated rings. The first-order valence-corrected chi connectivity index (χ1v) is 8.84. The Kier molecular flexibility index (Phi) is 17.5. The summed E-state index contributed by atoms with van der Waals surface area (Å²) in [6, 6.07) is 0. The van der Waals surface area contributed by atoms with Crippen LogP contribution < -0.4 is 0 Å². The van der Waals surface area contributed by atoms with Gasteiger partial charge in [-0.3, -0.25) is 0 Å². The van der Waals surface area contributed by atoms with E-state index in [-0.39, 0.29) is 0 Å². The molecule has 0 aromatic carbocycles. The fraction of sp³-hybridized carbons (Fsp3) is 0.700. The van der Waals surface area contributed by atoms with Gasteiger partial charge in [-0.2, -0.15) is 0 Å². The lowest BCUT2D eigenvalue weighted by molar-refractivity contribution is 0.553. The van der Waals surface area contributed by atoms with Gasteiger partial charge >= 0.3 is 0 Å². The van der Waals surface area contributed by atoms with Crippen LogP contribution in [-0.4, -0.2) is 0 Å². The Balaban J connectivity index is 3.04. The van der Waals surface area contributed by atoms with Gasteiger partial charge in [-0.05, 0) is 32.1 Å². The molecule has 0 aliphatic carbocycles. The third-order valence-corrected chi connectivity index (χ3v) is 3.65. The molecule has 0 unspecified atom stereocenters. The maximum Gasteiger partial charge on any atom is -0.0348 e. The van der Waals surface area contributed by atoms with Crippen LogP contribution in [0.5, 0.6) is 0 Å². The van der Waals surface area contributed by atoms with Crippen LogP contribution in [0.25, 0.3) is 0 Å². The van der Waals surface area contributed by atoms with Crippen molar-refractivity contribution >= 4 is 0 Å². The summed E-state index contributed by atoms with van der Waals surface area (Å²) in [4.78, 5) is 0. The van der Waals surface area contributed by atoms with E-state index in [1.165, 1.54) is 77.0 Å². The molecule has 0 aromatic rings. The zero-order valence-corrected chi connectivity index (χ0v) is 13.8. The minimum absolute atomic E-state index is 1.14. The second-order valence-corrected chi connectivity index (χ2v) is 5.67. The molecule has 20 heavy (non-hydrogen) atoms. The summed E-state index contributed by atoms with van der Waals surface area (Å²) in [5.41, 5.74) is 0. The molecule has 0 heteroatoms. The predicted octanol–water partition coefficient (Wildman–Crippen LogP) is 7.38. The second-order valence-electron chi connectivity index (χ2n) is 5.67. The number of hydrogen-bond donors (Lipinski definition) is 0. The quantitative estimate of drug-likeness (QED) is 0.166. The summed E-state index contributed by atoms with van der Waals surface area (Å²) >= 11 is 0. The number of allylic oxidation sites excluding steroid dienone is 5. The van der Waals surface area contributed by atoms with Crippen molar-refractivity contribution < 1.29 is 0 Å². The van der Waals surface area contributed by atoms with Gasteiger partial charge < -0.3 is 0 Å². The average Bonchev–Trinajstić information content (AvgIpc) is 2.47. The molecule has 0 heterocycles. The smallest absolute Gasteiger partial charge is 0.0348 e. The number of unbranched alkanes of at least 4 members (excludes halogenated alkanes) is 11. The maximum atomic E-state index is 3.76. The molecule has 0 aromatic heterocycles. The predicted molar refractivity (Wildman–Crippen MR) is 94.2 cm³/mol. The van der Waals surface area contributed by atoms with E-state index in [1.807, 2.05) is 6.08 Å². The molecule has 0 aliphatic rings. The third kappa shape index (κ3) is 17.2. The van der Waals surface area contributed by atoms with Crippen LogP contribution in [0, 0.1) is 0 Å². The van der Waals surface area contributed by atoms with E-state index in [0.29, 0.717) is 0 Å². The topological polar surface area (TPSA) is 0 Å². The maximum absolute atomic E-state index is 3.76. The lowest BCUT2D eigenvalue weighted by atomic mass is 10.1. The Morgan fingerprint density at radius 1 is 0.600 bits per heavy atom. The van der Waals surface area contributed by atoms with Crippen molar-refractivity contribution in [1.82, 2.24) is 0 Å². The highest BCUT2D eigenvalue weighted by Gasteiger charge is 1.92. The molecule has 0 atom stereocenters. The van der Waals surface area contributed by atoms with E-state index in [9.17, 15) is 0 Å². The van der Waals surface area contributed by atoms with Crippen molar-refractivity contribution in [2.24, 2.45) is 0 Å². The third-order valence-electron chi connectivity index (χ3n) is 3.65.